The molecule has 0 spiro atoms. The Hall–Kier alpha value is -2.14. The highest BCUT2D eigenvalue weighted by atomic mass is 32.1. The summed E-state index contributed by atoms with van der Waals surface area (Å²) >= 11 is 1.60. The number of imidazole rings is 1. The van der Waals surface area contributed by atoms with E-state index in [2.05, 4.69) is 47.2 Å². The van der Waals surface area contributed by atoms with Crippen LogP contribution in [-0.4, -0.2) is 33.3 Å². The highest BCUT2D eigenvalue weighted by Gasteiger charge is 2.19. The number of benzene rings is 1. The molecule has 0 N–H and O–H groups in total. The first-order chi connectivity index (χ1) is 11.7. The van der Waals surface area contributed by atoms with Gasteiger partial charge >= 0.3 is 0 Å². The number of nitrogens with zero attached hydrogens (tertiary/aromatic N) is 3. The van der Waals surface area contributed by atoms with E-state index in [0.29, 0.717) is 6.42 Å². The monoisotopic (exact) mass is 339 g/mol. The first-order valence-electron chi connectivity index (χ1n) is 8.51. The van der Waals surface area contributed by atoms with Gasteiger partial charge in [-0.3, -0.25) is 9.20 Å². The zero-order chi connectivity index (χ0) is 16.5. The number of amides is 1. The molecule has 5 heteroatoms. The molecule has 2 aromatic heterocycles. The molecule has 124 valence electrons. The van der Waals surface area contributed by atoms with Crippen LogP contribution in [0.25, 0.3) is 16.2 Å². The number of hydrogen-bond acceptors (Lipinski definition) is 3. The highest BCUT2D eigenvalue weighted by molar-refractivity contribution is 7.15. The summed E-state index contributed by atoms with van der Waals surface area (Å²) in [6.45, 7) is 3.90. The molecular formula is C19H21N3OS. The van der Waals surface area contributed by atoms with E-state index in [1.54, 1.807) is 11.3 Å². The van der Waals surface area contributed by atoms with Crippen molar-refractivity contribution < 1.29 is 4.79 Å². The van der Waals surface area contributed by atoms with Crippen molar-refractivity contribution >= 4 is 22.2 Å². The number of rotatable bonds is 3. The van der Waals surface area contributed by atoms with Crippen molar-refractivity contribution in [2.24, 2.45) is 0 Å². The summed E-state index contributed by atoms with van der Waals surface area (Å²) < 4.78 is 2.07. The normalized spacial score (nSPS) is 15.1. The van der Waals surface area contributed by atoms with Crippen LogP contribution in [0.2, 0.25) is 0 Å². The SMILES string of the molecule is Cc1ccc(-c2cn3c(CC(=O)N4CCCCC4)csc3n2)cc1. The predicted octanol–water partition coefficient (Wildman–Crippen LogP) is 3.93. The van der Waals surface area contributed by atoms with Crippen molar-refractivity contribution in [1.82, 2.24) is 14.3 Å². The lowest BCUT2D eigenvalue weighted by Gasteiger charge is -2.26. The van der Waals surface area contributed by atoms with E-state index in [9.17, 15) is 4.79 Å². The van der Waals surface area contributed by atoms with Crippen molar-refractivity contribution in [2.75, 3.05) is 13.1 Å². The molecule has 1 aliphatic rings. The second kappa shape index (κ2) is 6.40. The Bertz CT molecular complexity index is 857. The Labute approximate surface area is 145 Å². The molecule has 0 bridgehead atoms. The van der Waals surface area contributed by atoms with Crippen molar-refractivity contribution in [1.29, 1.82) is 0 Å². The number of piperidine rings is 1. The zero-order valence-electron chi connectivity index (χ0n) is 13.9. The molecular weight excluding hydrogens is 318 g/mol. The molecule has 1 saturated heterocycles. The van der Waals surface area contributed by atoms with Crippen molar-refractivity contribution in [3.8, 4) is 11.3 Å². The van der Waals surface area contributed by atoms with Gasteiger partial charge in [-0.05, 0) is 26.2 Å². The molecule has 1 aliphatic heterocycles. The Morgan fingerprint density at radius 2 is 1.92 bits per heavy atom. The van der Waals surface area contributed by atoms with Gasteiger partial charge in [-0.15, -0.1) is 11.3 Å². The summed E-state index contributed by atoms with van der Waals surface area (Å²) in [7, 11) is 0. The molecule has 1 fully saturated rings. The largest absolute Gasteiger partial charge is 0.342 e. The molecule has 0 radical (unpaired) electrons. The van der Waals surface area contributed by atoms with Gasteiger partial charge in [0.2, 0.25) is 5.91 Å². The van der Waals surface area contributed by atoms with Gasteiger partial charge in [0.15, 0.2) is 4.96 Å². The number of carbonyl (C=O) groups excluding carboxylic acids is 1. The summed E-state index contributed by atoms with van der Waals surface area (Å²) in [6.07, 6.45) is 6.02. The number of carbonyl (C=O) groups is 1. The second-order valence-electron chi connectivity index (χ2n) is 6.49. The minimum absolute atomic E-state index is 0.236. The molecule has 4 nitrogen and oxygen atoms in total. The van der Waals surface area contributed by atoms with Crippen molar-refractivity contribution in [2.45, 2.75) is 32.6 Å². The van der Waals surface area contributed by atoms with Gasteiger partial charge in [-0.1, -0.05) is 29.8 Å². The van der Waals surface area contributed by atoms with E-state index >= 15 is 0 Å². The summed E-state index contributed by atoms with van der Waals surface area (Å²) in [5, 5.41) is 2.06. The molecule has 24 heavy (non-hydrogen) atoms. The van der Waals surface area contributed by atoms with Crippen molar-refractivity contribution in [3.63, 3.8) is 0 Å². The van der Waals surface area contributed by atoms with Gasteiger partial charge in [-0.25, -0.2) is 4.98 Å². The molecule has 0 saturated carbocycles. The fourth-order valence-electron chi connectivity index (χ4n) is 3.23. The number of likely N-dealkylation sites (tertiary alicyclic amines) is 1. The molecule has 4 rings (SSSR count). The molecule has 1 amide bonds. The van der Waals surface area contributed by atoms with Crippen LogP contribution < -0.4 is 0 Å². The fraction of sp³-hybridized carbons (Fsp3) is 0.368. The minimum atomic E-state index is 0.236. The van der Waals surface area contributed by atoms with Gasteiger partial charge in [0.05, 0.1) is 12.1 Å². The van der Waals surface area contributed by atoms with Gasteiger partial charge < -0.3 is 4.90 Å². The predicted molar refractivity (Wildman–Crippen MR) is 97.4 cm³/mol. The maximum Gasteiger partial charge on any atom is 0.228 e. The van der Waals surface area contributed by atoms with Gasteiger partial charge in [0.1, 0.15) is 0 Å². The summed E-state index contributed by atoms with van der Waals surface area (Å²) in [4.78, 5) is 20.2. The van der Waals surface area contributed by atoms with Gasteiger partial charge in [0, 0.05) is 35.9 Å². The lowest BCUT2D eigenvalue weighted by atomic mass is 10.1. The maximum absolute atomic E-state index is 12.5. The topological polar surface area (TPSA) is 37.6 Å². The van der Waals surface area contributed by atoms with Crippen LogP contribution in [0.15, 0.2) is 35.8 Å². The quantitative estimate of drug-likeness (QED) is 0.725. The van der Waals surface area contributed by atoms with Crippen LogP contribution in [0.1, 0.15) is 30.5 Å². The number of aromatic nitrogens is 2. The highest BCUT2D eigenvalue weighted by Crippen LogP contribution is 2.24. The van der Waals surface area contributed by atoms with E-state index in [4.69, 9.17) is 4.98 Å². The smallest absolute Gasteiger partial charge is 0.228 e. The van der Waals surface area contributed by atoms with Crippen LogP contribution >= 0.6 is 11.3 Å². The third-order valence-corrected chi connectivity index (χ3v) is 5.56. The molecule has 0 atom stereocenters. The Kier molecular flexibility index (Phi) is 4.10. The van der Waals surface area contributed by atoms with Crippen LogP contribution in [0.4, 0.5) is 0 Å². The van der Waals surface area contributed by atoms with Gasteiger partial charge in [0.25, 0.3) is 0 Å². The Morgan fingerprint density at radius 3 is 2.67 bits per heavy atom. The summed E-state index contributed by atoms with van der Waals surface area (Å²) in [5.41, 5.74) is 4.36. The van der Waals surface area contributed by atoms with E-state index in [0.717, 1.165) is 47.8 Å². The van der Waals surface area contributed by atoms with E-state index in [1.165, 1.54) is 12.0 Å². The second-order valence-corrected chi connectivity index (χ2v) is 7.33. The minimum Gasteiger partial charge on any atom is -0.342 e. The Balaban J connectivity index is 1.58. The van der Waals surface area contributed by atoms with Crippen LogP contribution in [-0.2, 0) is 11.2 Å². The molecule has 1 aromatic carbocycles. The molecule has 3 heterocycles. The van der Waals surface area contributed by atoms with Gasteiger partial charge in [-0.2, -0.15) is 0 Å². The van der Waals surface area contributed by atoms with Crippen LogP contribution in [0.3, 0.4) is 0 Å². The van der Waals surface area contributed by atoms with Crippen molar-refractivity contribution in [3.05, 3.63) is 47.1 Å². The number of hydrogen-bond donors (Lipinski definition) is 0. The molecule has 0 unspecified atom stereocenters. The first kappa shape index (κ1) is 15.4. The number of fused-ring (bicyclic) bond motifs is 1. The maximum atomic E-state index is 12.5. The zero-order valence-corrected chi connectivity index (χ0v) is 14.7. The number of aryl methyl sites for hydroxylation is 1. The standard InChI is InChI=1S/C19H21N3OS/c1-14-5-7-15(8-6-14)17-12-22-16(13-24-19(22)20-17)11-18(23)21-9-3-2-4-10-21/h5-8,12-13H,2-4,9-11H2,1H3. The average molecular weight is 339 g/mol. The third kappa shape index (κ3) is 2.96. The lowest BCUT2D eigenvalue weighted by Crippen LogP contribution is -2.36. The molecule has 3 aromatic rings. The number of thiazole rings is 1. The van der Waals surface area contributed by atoms with Crippen LogP contribution in [0, 0.1) is 6.92 Å². The molecule has 0 aliphatic carbocycles. The Morgan fingerprint density at radius 1 is 1.17 bits per heavy atom. The van der Waals surface area contributed by atoms with E-state index < -0.39 is 0 Å². The summed E-state index contributed by atoms with van der Waals surface area (Å²) in [5.74, 6) is 0.236. The first-order valence-corrected chi connectivity index (χ1v) is 9.39. The summed E-state index contributed by atoms with van der Waals surface area (Å²) in [6, 6.07) is 8.40. The third-order valence-electron chi connectivity index (χ3n) is 4.67. The average Bonchev–Trinajstić information content (AvgIpc) is 3.18. The van der Waals surface area contributed by atoms with E-state index in [-0.39, 0.29) is 5.91 Å². The van der Waals surface area contributed by atoms with Crippen LogP contribution in [0.5, 0.6) is 0 Å². The fourth-order valence-corrected chi connectivity index (χ4v) is 4.10. The lowest BCUT2D eigenvalue weighted by molar-refractivity contribution is -0.131. The van der Waals surface area contributed by atoms with E-state index in [1.807, 2.05) is 4.90 Å².